The van der Waals surface area contributed by atoms with Crippen LogP contribution in [0.5, 0.6) is 0 Å². The largest absolute Gasteiger partial charge is 0.465 e. The highest BCUT2D eigenvalue weighted by Crippen LogP contribution is 2.17. The minimum Gasteiger partial charge on any atom is -0.465 e. The molecule has 0 aliphatic carbocycles. The van der Waals surface area contributed by atoms with E-state index in [1.165, 1.54) is 9.80 Å². The standard InChI is InChI=1S/C11H20N2O4/c1-11(2,3)17-10(16)12(4)8-5-6-13(7-8)9(14)15/h8H,5-7H2,1-4H3,(H,14,15)/t8-/m1/s1. The molecule has 1 rings (SSSR count). The molecule has 0 radical (unpaired) electrons. The topological polar surface area (TPSA) is 70.1 Å². The Balaban J connectivity index is 2.52. The molecule has 6 heteroatoms. The van der Waals surface area contributed by atoms with Crippen LogP contribution in [0.25, 0.3) is 0 Å². The molecule has 1 aliphatic heterocycles. The van der Waals surface area contributed by atoms with Crippen LogP contribution in [0.4, 0.5) is 9.59 Å². The lowest BCUT2D eigenvalue weighted by atomic mass is 10.2. The van der Waals surface area contributed by atoms with E-state index >= 15 is 0 Å². The van der Waals surface area contributed by atoms with Gasteiger partial charge in [-0.15, -0.1) is 0 Å². The van der Waals surface area contributed by atoms with E-state index in [2.05, 4.69) is 0 Å². The summed E-state index contributed by atoms with van der Waals surface area (Å²) in [6, 6.07) is -0.0963. The van der Waals surface area contributed by atoms with Gasteiger partial charge in [-0.05, 0) is 27.2 Å². The van der Waals surface area contributed by atoms with Gasteiger partial charge < -0.3 is 19.6 Å². The molecule has 1 fully saturated rings. The van der Waals surface area contributed by atoms with E-state index in [9.17, 15) is 9.59 Å². The van der Waals surface area contributed by atoms with Crippen LogP contribution in [0.15, 0.2) is 0 Å². The number of amides is 2. The molecule has 6 nitrogen and oxygen atoms in total. The first-order chi connectivity index (χ1) is 7.70. The highest BCUT2D eigenvalue weighted by molar-refractivity contribution is 5.69. The van der Waals surface area contributed by atoms with Crippen LogP contribution in [0, 0.1) is 0 Å². The van der Waals surface area contributed by atoms with Gasteiger partial charge in [0.15, 0.2) is 0 Å². The quantitative estimate of drug-likeness (QED) is 0.760. The number of carbonyl (C=O) groups is 2. The van der Waals surface area contributed by atoms with Gasteiger partial charge in [0, 0.05) is 20.1 Å². The molecule has 0 unspecified atom stereocenters. The zero-order valence-electron chi connectivity index (χ0n) is 10.8. The summed E-state index contributed by atoms with van der Waals surface area (Å²) >= 11 is 0. The summed E-state index contributed by atoms with van der Waals surface area (Å²) in [7, 11) is 1.64. The Morgan fingerprint density at radius 1 is 1.41 bits per heavy atom. The Morgan fingerprint density at radius 2 is 2.00 bits per heavy atom. The normalized spacial score (nSPS) is 20.2. The van der Waals surface area contributed by atoms with Crippen molar-refractivity contribution in [3.8, 4) is 0 Å². The van der Waals surface area contributed by atoms with Crippen molar-refractivity contribution in [1.29, 1.82) is 0 Å². The number of nitrogens with zero attached hydrogens (tertiary/aromatic N) is 2. The fourth-order valence-corrected chi connectivity index (χ4v) is 1.71. The van der Waals surface area contributed by atoms with Crippen molar-refractivity contribution in [2.24, 2.45) is 0 Å². The zero-order chi connectivity index (χ0) is 13.2. The summed E-state index contributed by atoms with van der Waals surface area (Å²) in [4.78, 5) is 25.3. The predicted molar refractivity (Wildman–Crippen MR) is 62.0 cm³/mol. The fourth-order valence-electron chi connectivity index (χ4n) is 1.71. The third-order valence-corrected chi connectivity index (χ3v) is 2.66. The number of likely N-dealkylation sites (tertiary alicyclic amines) is 1. The Morgan fingerprint density at radius 3 is 2.41 bits per heavy atom. The predicted octanol–water partition coefficient (Wildman–Crippen LogP) is 1.61. The van der Waals surface area contributed by atoms with Crippen molar-refractivity contribution in [3.05, 3.63) is 0 Å². The second kappa shape index (κ2) is 4.81. The number of hydrogen-bond acceptors (Lipinski definition) is 3. The summed E-state index contributed by atoms with van der Waals surface area (Å²) in [5, 5.41) is 8.83. The first kappa shape index (κ1) is 13.6. The van der Waals surface area contributed by atoms with Crippen LogP contribution in [-0.2, 0) is 4.74 Å². The lowest BCUT2D eigenvalue weighted by Gasteiger charge is -2.28. The van der Waals surface area contributed by atoms with Crippen molar-refractivity contribution in [3.63, 3.8) is 0 Å². The first-order valence-electron chi connectivity index (χ1n) is 5.64. The van der Waals surface area contributed by atoms with Gasteiger partial charge >= 0.3 is 12.2 Å². The number of ether oxygens (including phenoxy) is 1. The average molecular weight is 244 g/mol. The van der Waals surface area contributed by atoms with E-state index in [0.717, 1.165) is 0 Å². The molecule has 17 heavy (non-hydrogen) atoms. The van der Waals surface area contributed by atoms with Crippen LogP contribution in [0.1, 0.15) is 27.2 Å². The monoisotopic (exact) mass is 244 g/mol. The number of rotatable bonds is 1. The molecule has 0 saturated carbocycles. The molecular formula is C11H20N2O4. The molecule has 0 aromatic rings. The fraction of sp³-hybridized carbons (Fsp3) is 0.818. The molecule has 1 heterocycles. The van der Waals surface area contributed by atoms with Crippen molar-refractivity contribution in [2.45, 2.75) is 38.8 Å². The van der Waals surface area contributed by atoms with Crippen LogP contribution in [-0.4, -0.2) is 58.9 Å². The highest BCUT2D eigenvalue weighted by atomic mass is 16.6. The molecule has 0 bridgehead atoms. The Labute approximate surface area is 101 Å². The molecule has 1 N–H and O–H groups in total. The summed E-state index contributed by atoms with van der Waals surface area (Å²) < 4.78 is 5.23. The van der Waals surface area contributed by atoms with Crippen molar-refractivity contribution >= 4 is 12.2 Å². The molecule has 1 saturated heterocycles. The lowest BCUT2D eigenvalue weighted by molar-refractivity contribution is 0.0228. The van der Waals surface area contributed by atoms with Gasteiger partial charge in [-0.2, -0.15) is 0 Å². The van der Waals surface area contributed by atoms with E-state index in [1.54, 1.807) is 27.8 Å². The molecule has 2 amide bonds. The maximum absolute atomic E-state index is 11.8. The molecule has 98 valence electrons. The zero-order valence-corrected chi connectivity index (χ0v) is 10.8. The van der Waals surface area contributed by atoms with Gasteiger partial charge in [-0.3, -0.25) is 0 Å². The summed E-state index contributed by atoms with van der Waals surface area (Å²) in [6.07, 6.45) is -0.693. The maximum Gasteiger partial charge on any atom is 0.410 e. The molecule has 1 aliphatic rings. The van der Waals surface area contributed by atoms with Gasteiger partial charge in [-0.1, -0.05) is 0 Å². The molecule has 0 aromatic heterocycles. The third-order valence-electron chi connectivity index (χ3n) is 2.66. The number of carbonyl (C=O) groups excluding carboxylic acids is 1. The van der Waals surface area contributed by atoms with E-state index in [4.69, 9.17) is 9.84 Å². The Kier molecular flexibility index (Phi) is 3.85. The van der Waals surface area contributed by atoms with Crippen LogP contribution < -0.4 is 0 Å². The van der Waals surface area contributed by atoms with Gasteiger partial charge in [0.2, 0.25) is 0 Å². The van der Waals surface area contributed by atoms with Gasteiger partial charge in [-0.25, -0.2) is 9.59 Å². The molecule has 1 atom stereocenters. The minimum absolute atomic E-state index is 0.0963. The van der Waals surface area contributed by atoms with Gasteiger partial charge in [0.05, 0.1) is 6.04 Å². The summed E-state index contributed by atoms with van der Waals surface area (Å²) in [6.45, 7) is 6.23. The van der Waals surface area contributed by atoms with E-state index in [-0.39, 0.29) is 6.04 Å². The average Bonchev–Trinajstić information content (AvgIpc) is 2.62. The minimum atomic E-state index is -0.940. The second-order valence-electron chi connectivity index (χ2n) is 5.26. The van der Waals surface area contributed by atoms with E-state index < -0.39 is 17.8 Å². The van der Waals surface area contributed by atoms with Crippen molar-refractivity contribution < 1.29 is 19.4 Å². The second-order valence-corrected chi connectivity index (χ2v) is 5.26. The summed E-state index contributed by atoms with van der Waals surface area (Å²) in [5.41, 5.74) is -0.531. The van der Waals surface area contributed by atoms with E-state index in [1.807, 2.05) is 0 Å². The highest BCUT2D eigenvalue weighted by Gasteiger charge is 2.32. The summed E-state index contributed by atoms with van der Waals surface area (Å²) in [5.74, 6) is 0. The smallest absolute Gasteiger partial charge is 0.410 e. The molecular weight excluding hydrogens is 224 g/mol. The van der Waals surface area contributed by atoms with Crippen molar-refractivity contribution in [2.75, 3.05) is 20.1 Å². The third kappa shape index (κ3) is 3.80. The Bertz CT molecular complexity index is 311. The lowest BCUT2D eigenvalue weighted by Crippen LogP contribution is -2.42. The number of carboxylic acid groups (broad SMARTS) is 1. The van der Waals surface area contributed by atoms with Gasteiger partial charge in [0.1, 0.15) is 5.60 Å². The molecule has 0 aromatic carbocycles. The Hall–Kier alpha value is -1.46. The number of hydrogen-bond donors (Lipinski definition) is 1. The van der Waals surface area contributed by atoms with E-state index in [0.29, 0.717) is 19.5 Å². The van der Waals surface area contributed by atoms with Crippen LogP contribution in [0.3, 0.4) is 0 Å². The van der Waals surface area contributed by atoms with Crippen molar-refractivity contribution in [1.82, 2.24) is 9.80 Å². The molecule has 0 spiro atoms. The SMILES string of the molecule is CN(C(=O)OC(C)(C)C)[C@@H]1CCN(C(=O)O)C1. The maximum atomic E-state index is 11.8. The first-order valence-corrected chi connectivity index (χ1v) is 5.64. The number of likely N-dealkylation sites (N-methyl/N-ethyl adjacent to an activating group) is 1. The van der Waals surface area contributed by atoms with Crippen LogP contribution in [0.2, 0.25) is 0 Å². The van der Waals surface area contributed by atoms with Crippen LogP contribution >= 0.6 is 0 Å². The van der Waals surface area contributed by atoms with Gasteiger partial charge in [0.25, 0.3) is 0 Å².